The molecule has 0 atom stereocenters. The van der Waals surface area contributed by atoms with Crippen LogP contribution in [0.2, 0.25) is 0 Å². The van der Waals surface area contributed by atoms with Gasteiger partial charge in [-0.3, -0.25) is 0 Å². The minimum Gasteiger partial charge on any atom is -0.493 e. The summed E-state index contributed by atoms with van der Waals surface area (Å²) in [6.07, 6.45) is 1.63. The van der Waals surface area contributed by atoms with Crippen molar-refractivity contribution in [2.75, 3.05) is 7.11 Å². The summed E-state index contributed by atoms with van der Waals surface area (Å²) in [6, 6.07) is 13.5. The summed E-state index contributed by atoms with van der Waals surface area (Å²) in [7, 11) is 1.56. The van der Waals surface area contributed by atoms with Crippen LogP contribution in [-0.4, -0.2) is 13.2 Å². The van der Waals surface area contributed by atoms with Crippen molar-refractivity contribution in [3.8, 4) is 17.6 Å². The molecule has 4 heteroatoms. The molecule has 0 saturated heterocycles. The van der Waals surface area contributed by atoms with Crippen molar-refractivity contribution in [3.63, 3.8) is 0 Å². The SMILES string of the molecule is COc1cccc(/C=C(\C#N)c2cccc(F)c2)c1OC(C)C. The standard InChI is InChI=1S/C19H18FNO2/c1-13(2)23-19-15(7-5-9-18(19)22-3)10-16(12-21)14-6-4-8-17(20)11-14/h4-11,13H,1-3H3/b16-10+. The minimum atomic E-state index is -0.382. The fourth-order valence-electron chi connectivity index (χ4n) is 2.16. The number of benzene rings is 2. The molecule has 0 aromatic heterocycles. The molecule has 0 aliphatic rings. The van der Waals surface area contributed by atoms with Crippen LogP contribution in [0.15, 0.2) is 42.5 Å². The Hall–Kier alpha value is -2.80. The van der Waals surface area contributed by atoms with E-state index in [9.17, 15) is 9.65 Å². The zero-order valence-corrected chi connectivity index (χ0v) is 13.3. The van der Waals surface area contributed by atoms with Gasteiger partial charge in [0, 0.05) is 5.56 Å². The Kier molecular flexibility index (Phi) is 5.37. The lowest BCUT2D eigenvalue weighted by Crippen LogP contribution is -2.08. The first-order valence-electron chi connectivity index (χ1n) is 7.26. The Balaban J connectivity index is 2.54. The molecule has 0 N–H and O–H groups in total. The van der Waals surface area contributed by atoms with Crippen LogP contribution in [0.3, 0.4) is 0 Å². The smallest absolute Gasteiger partial charge is 0.168 e. The average molecular weight is 311 g/mol. The monoisotopic (exact) mass is 311 g/mol. The number of rotatable bonds is 5. The zero-order chi connectivity index (χ0) is 16.8. The molecule has 0 spiro atoms. The highest BCUT2D eigenvalue weighted by molar-refractivity contribution is 5.91. The van der Waals surface area contributed by atoms with Crippen LogP contribution in [0.1, 0.15) is 25.0 Å². The number of hydrogen-bond acceptors (Lipinski definition) is 3. The number of ether oxygens (including phenoxy) is 2. The second-order valence-electron chi connectivity index (χ2n) is 5.23. The molecular formula is C19H18FNO2. The molecule has 2 aromatic carbocycles. The zero-order valence-electron chi connectivity index (χ0n) is 13.3. The molecule has 2 aromatic rings. The third-order valence-corrected chi connectivity index (χ3v) is 3.14. The number of para-hydroxylation sites is 1. The van der Waals surface area contributed by atoms with Crippen molar-refractivity contribution in [1.29, 1.82) is 5.26 Å². The molecule has 0 fully saturated rings. The number of hydrogen-bond donors (Lipinski definition) is 0. The number of methoxy groups -OCH3 is 1. The molecule has 118 valence electrons. The molecule has 0 aliphatic heterocycles. The van der Waals surface area contributed by atoms with E-state index in [1.165, 1.54) is 12.1 Å². The number of nitrogens with zero attached hydrogens (tertiary/aromatic N) is 1. The van der Waals surface area contributed by atoms with Gasteiger partial charge in [0.15, 0.2) is 11.5 Å². The van der Waals surface area contributed by atoms with Gasteiger partial charge >= 0.3 is 0 Å². The highest BCUT2D eigenvalue weighted by Crippen LogP contribution is 2.34. The summed E-state index contributed by atoms with van der Waals surface area (Å²) >= 11 is 0. The molecule has 2 rings (SSSR count). The van der Waals surface area contributed by atoms with E-state index in [1.807, 2.05) is 26.0 Å². The first-order valence-corrected chi connectivity index (χ1v) is 7.26. The molecule has 0 saturated carbocycles. The van der Waals surface area contributed by atoms with Gasteiger partial charge in [0.25, 0.3) is 0 Å². The van der Waals surface area contributed by atoms with E-state index in [0.29, 0.717) is 28.2 Å². The van der Waals surface area contributed by atoms with Crippen molar-refractivity contribution < 1.29 is 13.9 Å². The summed E-state index contributed by atoms with van der Waals surface area (Å²) in [4.78, 5) is 0. The van der Waals surface area contributed by atoms with Gasteiger partial charge < -0.3 is 9.47 Å². The van der Waals surface area contributed by atoms with Gasteiger partial charge in [-0.05, 0) is 43.7 Å². The van der Waals surface area contributed by atoms with Crippen molar-refractivity contribution in [1.82, 2.24) is 0 Å². The molecule has 0 amide bonds. The Labute approximate surface area is 135 Å². The van der Waals surface area contributed by atoms with Crippen LogP contribution in [0.4, 0.5) is 4.39 Å². The molecule has 0 aliphatic carbocycles. The number of nitriles is 1. The highest BCUT2D eigenvalue weighted by Gasteiger charge is 2.12. The van der Waals surface area contributed by atoms with Crippen LogP contribution in [0.25, 0.3) is 11.6 Å². The Bertz CT molecular complexity index is 760. The third kappa shape index (κ3) is 4.10. The molecule has 23 heavy (non-hydrogen) atoms. The molecule has 0 radical (unpaired) electrons. The van der Waals surface area contributed by atoms with Crippen molar-refractivity contribution in [3.05, 3.63) is 59.4 Å². The summed E-state index contributed by atoms with van der Waals surface area (Å²) in [6.45, 7) is 3.83. The number of allylic oxidation sites excluding steroid dienone is 1. The van der Waals surface area contributed by atoms with Gasteiger partial charge in [0.1, 0.15) is 5.82 Å². The van der Waals surface area contributed by atoms with E-state index >= 15 is 0 Å². The Morgan fingerprint density at radius 1 is 1.22 bits per heavy atom. The lowest BCUT2D eigenvalue weighted by atomic mass is 10.0. The summed E-state index contributed by atoms with van der Waals surface area (Å²) in [5.74, 6) is 0.770. The lowest BCUT2D eigenvalue weighted by molar-refractivity contribution is 0.229. The normalized spacial score (nSPS) is 11.2. The molecule has 0 bridgehead atoms. The van der Waals surface area contributed by atoms with Gasteiger partial charge in [-0.25, -0.2) is 4.39 Å². The topological polar surface area (TPSA) is 42.2 Å². The fourth-order valence-corrected chi connectivity index (χ4v) is 2.16. The van der Waals surface area contributed by atoms with Gasteiger partial charge in [-0.15, -0.1) is 0 Å². The van der Waals surface area contributed by atoms with E-state index in [2.05, 4.69) is 6.07 Å². The molecule has 3 nitrogen and oxygen atoms in total. The fraction of sp³-hybridized carbons (Fsp3) is 0.211. The highest BCUT2D eigenvalue weighted by atomic mass is 19.1. The van der Waals surface area contributed by atoms with E-state index in [0.717, 1.165) is 0 Å². The van der Waals surface area contributed by atoms with Gasteiger partial charge in [-0.2, -0.15) is 5.26 Å². The van der Waals surface area contributed by atoms with E-state index in [-0.39, 0.29) is 11.9 Å². The van der Waals surface area contributed by atoms with E-state index in [4.69, 9.17) is 9.47 Å². The van der Waals surface area contributed by atoms with E-state index < -0.39 is 0 Å². The van der Waals surface area contributed by atoms with Crippen LogP contribution in [0.5, 0.6) is 11.5 Å². The van der Waals surface area contributed by atoms with Crippen molar-refractivity contribution in [2.24, 2.45) is 0 Å². The lowest BCUT2D eigenvalue weighted by Gasteiger charge is -2.16. The number of halogens is 1. The van der Waals surface area contributed by atoms with Crippen LogP contribution < -0.4 is 9.47 Å². The van der Waals surface area contributed by atoms with E-state index in [1.54, 1.807) is 31.4 Å². The summed E-state index contributed by atoms with van der Waals surface area (Å²) in [5, 5.41) is 9.42. The maximum Gasteiger partial charge on any atom is 0.168 e. The summed E-state index contributed by atoms with van der Waals surface area (Å²) < 4.78 is 24.5. The minimum absolute atomic E-state index is 0.0434. The predicted molar refractivity (Wildman–Crippen MR) is 88.6 cm³/mol. The quantitative estimate of drug-likeness (QED) is 0.594. The average Bonchev–Trinajstić information content (AvgIpc) is 2.53. The third-order valence-electron chi connectivity index (χ3n) is 3.14. The van der Waals surface area contributed by atoms with Crippen molar-refractivity contribution >= 4 is 11.6 Å². The predicted octanol–water partition coefficient (Wildman–Crippen LogP) is 4.69. The van der Waals surface area contributed by atoms with Gasteiger partial charge in [-0.1, -0.05) is 24.3 Å². The second kappa shape index (κ2) is 7.46. The van der Waals surface area contributed by atoms with Gasteiger partial charge in [0.05, 0.1) is 24.9 Å². The summed E-state index contributed by atoms with van der Waals surface area (Å²) in [5.41, 5.74) is 1.58. The Morgan fingerprint density at radius 2 is 1.96 bits per heavy atom. The first-order chi connectivity index (χ1) is 11.0. The van der Waals surface area contributed by atoms with Crippen LogP contribution >= 0.6 is 0 Å². The largest absolute Gasteiger partial charge is 0.493 e. The first kappa shape index (κ1) is 16.6. The van der Waals surface area contributed by atoms with Gasteiger partial charge in [0.2, 0.25) is 0 Å². The molecule has 0 heterocycles. The van der Waals surface area contributed by atoms with Crippen LogP contribution in [-0.2, 0) is 0 Å². The van der Waals surface area contributed by atoms with Crippen molar-refractivity contribution in [2.45, 2.75) is 20.0 Å². The maximum atomic E-state index is 13.4. The second-order valence-corrected chi connectivity index (χ2v) is 5.23. The molecule has 0 unspecified atom stereocenters. The maximum absolute atomic E-state index is 13.4. The Morgan fingerprint density at radius 3 is 2.57 bits per heavy atom. The van der Waals surface area contributed by atoms with Crippen LogP contribution in [0, 0.1) is 17.1 Å². The molecular weight excluding hydrogens is 293 g/mol.